The maximum Gasteiger partial charge on any atom is 0.341 e. The number of rotatable bonds is 8. The van der Waals surface area contributed by atoms with Crippen LogP contribution in [-0.4, -0.2) is 23.6 Å². The number of carboxylic acid groups (broad SMARTS) is 1. The standard InChI is InChI=1S/C20H23NO4/c1-20(2,15-7-4-3-5-8-15)12-11-18(22)21-16-9-6-10-17(13-16)25-14-19(23)24/h3-10,13H,11-12,14H2,1-2H3,(H,21,22)(H,23,24). The fraction of sp³-hybridized carbons (Fsp3) is 0.300. The molecule has 132 valence electrons. The second-order valence-electron chi connectivity index (χ2n) is 6.51. The summed E-state index contributed by atoms with van der Waals surface area (Å²) < 4.78 is 5.11. The molecular formula is C20H23NO4. The molecule has 0 bridgehead atoms. The number of anilines is 1. The summed E-state index contributed by atoms with van der Waals surface area (Å²) in [5.41, 5.74) is 1.70. The first kappa shape index (κ1) is 18.5. The molecule has 5 heteroatoms. The highest BCUT2D eigenvalue weighted by atomic mass is 16.5. The van der Waals surface area contributed by atoms with Crippen molar-refractivity contribution in [1.29, 1.82) is 0 Å². The van der Waals surface area contributed by atoms with E-state index in [-0.39, 0.29) is 11.3 Å². The molecule has 0 saturated heterocycles. The van der Waals surface area contributed by atoms with Gasteiger partial charge in [0, 0.05) is 18.2 Å². The van der Waals surface area contributed by atoms with Crippen LogP contribution in [0, 0.1) is 0 Å². The van der Waals surface area contributed by atoms with Gasteiger partial charge in [0.1, 0.15) is 5.75 Å². The lowest BCUT2D eigenvalue weighted by Gasteiger charge is -2.25. The Labute approximate surface area is 147 Å². The van der Waals surface area contributed by atoms with E-state index in [2.05, 4.69) is 31.3 Å². The van der Waals surface area contributed by atoms with Crippen molar-refractivity contribution in [3.63, 3.8) is 0 Å². The summed E-state index contributed by atoms with van der Waals surface area (Å²) in [4.78, 5) is 22.8. The molecule has 2 N–H and O–H groups in total. The first-order valence-corrected chi connectivity index (χ1v) is 8.17. The van der Waals surface area contributed by atoms with Gasteiger partial charge in [0.05, 0.1) is 0 Å². The zero-order valence-electron chi connectivity index (χ0n) is 14.5. The summed E-state index contributed by atoms with van der Waals surface area (Å²) in [5, 5.41) is 11.5. The number of carbonyl (C=O) groups is 2. The molecule has 0 aliphatic rings. The highest BCUT2D eigenvalue weighted by Gasteiger charge is 2.21. The lowest BCUT2D eigenvalue weighted by atomic mass is 9.80. The third kappa shape index (κ3) is 5.95. The fourth-order valence-corrected chi connectivity index (χ4v) is 2.49. The third-order valence-corrected chi connectivity index (χ3v) is 4.01. The molecule has 0 fully saturated rings. The minimum Gasteiger partial charge on any atom is -0.482 e. The van der Waals surface area contributed by atoms with E-state index in [0.29, 0.717) is 17.9 Å². The summed E-state index contributed by atoms with van der Waals surface area (Å²) in [6.07, 6.45) is 1.11. The van der Waals surface area contributed by atoms with Crippen molar-refractivity contribution < 1.29 is 19.4 Å². The number of amides is 1. The predicted octanol–water partition coefficient (Wildman–Crippen LogP) is 3.85. The van der Waals surface area contributed by atoms with E-state index in [1.807, 2.05) is 18.2 Å². The number of ether oxygens (including phenoxy) is 1. The Kier molecular flexibility index (Phi) is 6.17. The first-order chi connectivity index (χ1) is 11.9. The highest BCUT2D eigenvalue weighted by molar-refractivity contribution is 5.90. The van der Waals surface area contributed by atoms with E-state index in [4.69, 9.17) is 9.84 Å². The molecule has 0 spiro atoms. The Morgan fingerprint density at radius 2 is 1.80 bits per heavy atom. The van der Waals surface area contributed by atoms with Crippen LogP contribution in [0.25, 0.3) is 0 Å². The van der Waals surface area contributed by atoms with Crippen molar-refractivity contribution in [2.45, 2.75) is 32.1 Å². The zero-order valence-corrected chi connectivity index (χ0v) is 14.5. The van der Waals surface area contributed by atoms with Gasteiger partial charge in [-0.15, -0.1) is 0 Å². The predicted molar refractivity (Wildman–Crippen MR) is 96.9 cm³/mol. The van der Waals surface area contributed by atoms with E-state index < -0.39 is 12.6 Å². The van der Waals surface area contributed by atoms with Gasteiger partial charge in [-0.05, 0) is 29.5 Å². The summed E-state index contributed by atoms with van der Waals surface area (Å²) in [6.45, 7) is 3.83. The first-order valence-electron chi connectivity index (χ1n) is 8.17. The Morgan fingerprint density at radius 3 is 2.48 bits per heavy atom. The van der Waals surface area contributed by atoms with Crippen molar-refractivity contribution >= 4 is 17.6 Å². The van der Waals surface area contributed by atoms with E-state index in [1.165, 1.54) is 5.56 Å². The quantitative estimate of drug-likeness (QED) is 0.765. The van der Waals surface area contributed by atoms with Crippen LogP contribution in [0.15, 0.2) is 54.6 Å². The minimum atomic E-state index is -1.04. The Morgan fingerprint density at radius 1 is 1.08 bits per heavy atom. The maximum atomic E-state index is 12.2. The SMILES string of the molecule is CC(C)(CCC(=O)Nc1cccc(OCC(=O)O)c1)c1ccccc1. The number of benzene rings is 2. The van der Waals surface area contributed by atoms with E-state index >= 15 is 0 Å². The molecule has 0 heterocycles. The molecule has 2 aromatic rings. The van der Waals surface area contributed by atoms with Crippen LogP contribution in [-0.2, 0) is 15.0 Å². The van der Waals surface area contributed by atoms with Crippen LogP contribution in [0.1, 0.15) is 32.3 Å². The van der Waals surface area contributed by atoms with Gasteiger partial charge in [-0.3, -0.25) is 4.79 Å². The van der Waals surface area contributed by atoms with Gasteiger partial charge in [0.15, 0.2) is 6.61 Å². The van der Waals surface area contributed by atoms with Crippen molar-refractivity contribution in [2.75, 3.05) is 11.9 Å². The largest absolute Gasteiger partial charge is 0.482 e. The summed E-state index contributed by atoms with van der Waals surface area (Å²) in [7, 11) is 0. The van der Waals surface area contributed by atoms with Gasteiger partial charge in [0.2, 0.25) is 5.91 Å². The molecule has 0 aliphatic heterocycles. The minimum absolute atomic E-state index is 0.0839. The third-order valence-electron chi connectivity index (χ3n) is 4.01. The molecule has 0 aromatic heterocycles. The maximum absolute atomic E-state index is 12.2. The van der Waals surface area contributed by atoms with Gasteiger partial charge < -0.3 is 15.2 Å². The molecule has 0 unspecified atom stereocenters. The molecule has 2 aromatic carbocycles. The Hall–Kier alpha value is -2.82. The van der Waals surface area contributed by atoms with Crippen LogP contribution < -0.4 is 10.1 Å². The van der Waals surface area contributed by atoms with Gasteiger partial charge in [-0.2, -0.15) is 0 Å². The van der Waals surface area contributed by atoms with Crippen molar-refractivity contribution in [1.82, 2.24) is 0 Å². The molecule has 0 radical (unpaired) electrons. The second kappa shape index (κ2) is 8.33. The summed E-state index contributed by atoms with van der Waals surface area (Å²) in [6, 6.07) is 16.8. The molecule has 1 amide bonds. The summed E-state index contributed by atoms with van der Waals surface area (Å²) >= 11 is 0. The van der Waals surface area contributed by atoms with E-state index in [1.54, 1.807) is 24.3 Å². The van der Waals surface area contributed by atoms with Gasteiger partial charge >= 0.3 is 5.97 Å². The topological polar surface area (TPSA) is 75.6 Å². The average molecular weight is 341 g/mol. The average Bonchev–Trinajstić information content (AvgIpc) is 2.59. The Bertz CT molecular complexity index is 725. The second-order valence-corrected chi connectivity index (χ2v) is 6.51. The zero-order chi connectivity index (χ0) is 18.3. The molecule has 25 heavy (non-hydrogen) atoms. The lowest BCUT2D eigenvalue weighted by Crippen LogP contribution is -2.21. The normalized spacial score (nSPS) is 11.0. The monoisotopic (exact) mass is 341 g/mol. The van der Waals surface area contributed by atoms with Crippen LogP contribution in [0.3, 0.4) is 0 Å². The number of hydrogen-bond donors (Lipinski definition) is 2. The molecule has 0 aliphatic carbocycles. The summed E-state index contributed by atoms with van der Waals surface area (Å²) in [5.74, 6) is -0.721. The molecule has 5 nitrogen and oxygen atoms in total. The highest BCUT2D eigenvalue weighted by Crippen LogP contribution is 2.28. The van der Waals surface area contributed by atoms with Crippen molar-refractivity contribution in [2.24, 2.45) is 0 Å². The Balaban J connectivity index is 1.90. The van der Waals surface area contributed by atoms with E-state index in [9.17, 15) is 9.59 Å². The van der Waals surface area contributed by atoms with Gasteiger partial charge in [0.25, 0.3) is 0 Å². The molecule has 0 saturated carbocycles. The van der Waals surface area contributed by atoms with Crippen LogP contribution in [0.5, 0.6) is 5.75 Å². The molecule has 0 atom stereocenters. The molecular weight excluding hydrogens is 318 g/mol. The van der Waals surface area contributed by atoms with E-state index in [0.717, 1.165) is 6.42 Å². The van der Waals surface area contributed by atoms with Crippen LogP contribution >= 0.6 is 0 Å². The number of hydrogen-bond acceptors (Lipinski definition) is 3. The van der Waals surface area contributed by atoms with Gasteiger partial charge in [-0.25, -0.2) is 4.79 Å². The number of carboxylic acids is 1. The fourth-order valence-electron chi connectivity index (χ4n) is 2.49. The smallest absolute Gasteiger partial charge is 0.341 e. The van der Waals surface area contributed by atoms with Crippen molar-refractivity contribution in [3.8, 4) is 5.75 Å². The lowest BCUT2D eigenvalue weighted by molar-refractivity contribution is -0.139. The number of carbonyl (C=O) groups excluding carboxylic acids is 1. The van der Waals surface area contributed by atoms with Crippen LogP contribution in [0.4, 0.5) is 5.69 Å². The number of aliphatic carboxylic acids is 1. The van der Waals surface area contributed by atoms with Crippen LogP contribution in [0.2, 0.25) is 0 Å². The molecule has 2 rings (SSSR count). The van der Waals surface area contributed by atoms with Crippen molar-refractivity contribution in [3.05, 3.63) is 60.2 Å². The van der Waals surface area contributed by atoms with Gasteiger partial charge in [-0.1, -0.05) is 50.2 Å². The number of nitrogens with one attached hydrogen (secondary N) is 1.